The van der Waals surface area contributed by atoms with Crippen molar-refractivity contribution in [2.75, 3.05) is 0 Å². The van der Waals surface area contributed by atoms with E-state index in [0.29, 0.717) is 22.5 Å². The van der Waals surface area contributed by atoms with Crippen LogP contribution in [0.2, 0.25) is 0 Å². The molecule has 0 unspecified atom stereocenters. The highest BCUT2D eigenvalue weighted by atomic mass is 35.5. The minimum atomic E-state index is -0.580. The number of hydrogen-bond acceptors (Lipinski definition) is 4. The first-order valence-corrected chi connectivity index (χ1v) is 5.65. The minimum Gasteiger partial charge on any atom is -0.276 e. The van der Waals surface area contributed by atoms with Crippen LogP contribution in [0.5, 0.6) is 0 Å². The molecule has 0 fully saturated rings. The first-order chi connectivity index (χ1) is 8.58. The van der Waals surface area contributed by atoms with Crippen LogP contribution in [-0.2, 0) is 0 Å². The van der Waals surface area contributed by atoms with Crippen molar-refractivity contribution in [3.63, 3.8) is 0 Å². The standard InChI is InChI=1S/C12H6Cl2N2O2.ClH/c13-11(17)7-1-3-15-9(5-7)10-6-8(12(14)18)2-4-16-10;/h1-6H;1H. The van der Waals surface area contributed by atoms with Crippen molar-refractivity contribution in [2.24, 2.45) is 0 Å². The van der Waals surface area contributed by atoms with Gasteiger partial charge in [-0.3, -0.25) is 19.6 Å². The molecule has 0 spiro atoms. The van der Waals surface area contributed by atoms with Crippen molar-refractivity contribution in [2.45, 2.75) is 0 Å². The predicted octanol–water partition coefficient (Wildman–Crippen LogP) is 3.32. The Balaban J connectivity index is 0.00000180. The molecule has 0 N–H and O–H groups in total. The second-order valence-corrected chi connectivity index (χ2v) is 4.09. The molecule has 0 aliphatic rings. The number of aromatic nitrogens is 2. The van der Waals surface area contributed by atoms with Gasteiger partial charge in [0.25, 0.3) is 10.5 Å². The molecule has 2 heterocycles. The van der Waals surface area contributed by atoms with Crippen LogP contribution in [0.1, 0.15) is 20.7 Å². The molecule has 0 aliphatic heterocycles. The molecule has 0 radical (unpaired) electrons. The van der Waals surface area contributed by atoms with Crippen molar-refractivity contribution < 1.29 is 9.59 Å². The number of carbonyl (C=O) groups is 2. The summed E-state index contributed by atoms with van der Waals surface area (Å²) < 4.78 is 0. The largest absolute Gasteiger partial charge is 0.276 e. The minimum absolute atomic E-state index is 0. The molecule has 0 aliphatic carbocycles. The summed E-state index contributed by atoms with van der Waals surface area (Å²) in [5.41, 5.74) is 1.51. The van der Waals surface area contributed by atoms with Gasteiger partial charge < -0.3 is 0 Å². The third-order valence-corrected chi connectivity index (χ3v) is 2.67. The average molecular weight is 318 g/mol. The van der Waals surface area contributed by atoms with Gasteiger partial charge in [-0.25, -0.2) is 0 Å². The summed E-state index contributed by atoms with van der Waals surface area (Å²) in [6, 6.07) is 5.99. The molecular formula is C12H7Cl3N2O2. The zero-order chi connectivity index (χ0) is 13.1. The van der Waals surface area contributed by atoms with Crippen LogP contribution in [0.15, 0.2) is 36.7 Å². The molecule has 19 heavy (non-hydrogen) atoms. The van der Waals surface area contributed by atoms with Crippen LogP contribution in [0.4, 0.5) is 0 Å². The average Bonchev–Trinajstić information content (AvgIpc) is 2.39. The van der Waals surface area contributed by atoms with Crippen LogP contribution in [0.25, 0.3) is 11.4 Å². The molecule has 0 aromatic carbocycles. The number of pyridine rings is 2. The fourth-order valence-electron chi connectivity index (χ4n) is 1.39. The maximum absolute atomic E-state index is 11.0. The van der Waals surface area contributed by atoms with Gasteiger partial charge in [0.2, 0.25) is 0 Å². The first kappa shape index (κ1) is 15.6. The smallest absolute Gasteiger partial charge is 0.252 e. The fourth-order valence-corrected chi connectivity index (χ4v) is 1.62. The zero-order valence-electron chi connectivity index (χ0n) is 9.34. The highest BCUT2D eigenvalue weighted by Crippen LogP contribution is 2.18. The summed E-state index contributed by atoms with van der Waals surface area (Å²) >= 11 is 10.8. The van der Waals surface area contributed by atoms with Gasteiger partial charge in [0, 0.05) is 23.5 Å². The number of nitrogens with zero attached hydrogens (tertiary/aromatic N) is 2. The molecule has 0 saturated heterocycles. The van der Waals surface area contributed by atoms with E-state index < -0.39 is 10.5 Å². The fraction of sp³-hybridized carbons (Fsp3) is 0. The molecule has 2 aromatic heterocycles. The monoisotopic (exact) mass is 316 g/mol. The normalized spacial score (nSPS) is 9.58. The summed E-state index contributed by atoms with van der Waals surface area (Å²) in [4.78, 5) is 30.2. The second kappa shape index (κ2) is 6.61. The maximum atomic E-state index is 11.0. The summed E-state index contributed by atoms with van der Waals surface area (Å²) in [6.45, 7) is 0. The van der Waals surface area contributed by atoms with Gasteiger partial charge in [0.15, 0.2) is 0 Å². The molecule has 4 nitrogen and oxygen atoms in total. The Labute approximate surface area is 125 Å². The molecule has 0 bridgehead atoms. The maximum Gasteiger partial charge on any atom is 0.252 e. The second-order valence-electron chi connectivity index (χ2n) is 3.41. The molecule has 0 atom stereocenters. The highest BCUT2D eigenvalue weighted by Gasteiger charge is 2.09. The third-order valence-electron chi connectivity index (χ3n) is 2.24. The lowest BCUT2D eigenvalue weighted by Crippen LogP contribution is -1.95. The Morgan fingerprint density at radius 3 is 1.53 bits per heavy atom. The molecule has 2 rings (SSSR count). The Kier molecular flexibility index (Phi) is 5.42. The van der Waals surface area contributed by atoms with E-state index in [1.165, 1.54) is 36.7 Å². The number of carbonyl (C=O) groups excluding carboxylic acids is 2. The molecule has 7 heteroatoms. The van der Waals surface area contributed by atoms with E-state index in [1.54, 1.807) is 0 Å². The topological polar surface area (TPSA) is 59.9 Å². The lowest BCUT2D eigenvalue weighted by atomic mass is 10.1. The summed E-state index contributed by atoms with van der Waals surface area (Å²) in [5.74, 6) is 0. The van der Waals surface area contributed by atoms with Gasteiger partial charge in [-0.15, -0.1) is 12.4 Å². The molecular weight excluding hydrogens is 311 g/mol. The van der Waals surface area contributed by atoms with E-state index in [0.717, 1.165) is 0 Å². The summed E-state index contributed by atoms with van der Waals surface area (Å²) in [7, 11) is 0. The quantitative estimate of drug-likeness (QED) is 0.815. The Hall–Kier alpha value is -1.49. The van der Waals surface area contributed by atoms with E-state index in [-0.39, 0.29) is 12.4 Å². The van der Waals surface area contributed by atoms with Crippen molar-refractivity contribution in [1.29, 1.82) is 0 Å². The Morgan fingerprint density at radius 1 is 0.842 bits per heavy atom. The van der Waals surface area contributed by atoms with Crippen molar-refractivity contribution >= 4 is 46.1 Å². The predicted molar refractivity (Wildman–Crippen MR) is 75.1 cm³/mol. The van der Waals surface area contributed by atoms with E-state index in [1.807, 2.05) is 0 Å². The number of hydrogen-bond donors (Lipinski definition) is 0. The first-order valence-electron chi connectivity index (χ1n) is 4.90. The molecule has 0 amide bonds. The number of halogens is 3. The van der Waals surface area contributed by atoms with Crippen LogP contribution in [0.3, 0.4) is 0 Å². The third kappa shape index (κ3) is 3.73. The SMILES string of the molecule is Cl.O=C(Cl)c1ccnc(-c2cc(C(=O)Cl)ccn2)c1. The van der Waals surface area contributed by atoms with Gasteiger partial charge in [0.1, 0.15) is 0 Å². The van der Waals surface area contributed by atoms with Crippen LogP contribution in [0, 0.1) is 0 Å². The van der Waals surface area contributed by atoms with Crippen molar-refractivity contribution in [3.8, 4) is 11.4 Å². The van der Waals surface area contributed by atoms with E-state index in [4.69, 9.17) is 23.2 Å². The molecule has 98 valence electrons. The van der Waals surface area contributed by atoms with Gasteiger partial charge in [-0.05, 0) is 47.5 Å². The Morgan fingerprint density at radius 2 is 1.21 bits per heavy atom. The van der Waals surface area contributed by atoms with Gasteiger partial charge >= 0.3 is 0 Å². The van der Waals surface area contributed by atoms with E-state index in [2.05, 4.69) is 9.97 Å². The van der Waals surface area contributed by atoms with Crippen LogP contribution in [-0.4, -0.2) is 20.5 Å². The zero-order valence-corrected chi connectivity index (χ0v) is 11.7. The van der Waals surface area contributed by atoms with Gasteiger partial charge in [0.05, 0.1) is 11.4 Å². The van der Waals surface area contributed by atoms with Crippen molar-refractivity contribution in [1.82, 2.24) is 9.97 Å². The van der Waals surface area contributed by atoms with Gasteiger partial charge in [-0.2, -0.15) is 0 Å². The van der Waals surface area contributed by atoms with E-state index >= 15 is 0 Å². The number of rotatable bonds is 3. The summed E-state index contributed by atoms with van der Waals surface area (Å²) in [5, 5.41) is -1.16. The van der Waals surface area contributed by atoms with Crippen molar-refractivity contribution in [3.05, 3.63) is 47.8 Å². The van der Waals surface area contributed by atoms with Gasteiger partial charge in [-0.1, -0.05) is 0 Å². The Bertz CT molecular complexity index is 576. The summed E-state index contributed by atoms with van der Waals surface area (Å²) in [6.07, 6.45) is 2.89. The van der Waals surface area contributed by atoms with E-state index in [9.17, 15) is 9.59 Å². The molecule has 2 aromatic rings. The van der Waals surface area contributed by atoms with Crippen LogP contribution >= 0.6 is 35.6 Å². The highest BCUT2D eigenvalue weighted by molar-refractivity contribution is 6.68. The molecule has 0 saturated carbocycles. The lowest BCUT2D eigenvalue weighted by molar-refractivity contribution is 0.107. The lowest BCUT2D eigenvalue weighted by Gasteiger charge is -2.02. The van der Waals surface area contributed by atoms with Crippen LogP contribution < -0.4 is 0 Å².